The van der Waals surface area contributed by atoms with Gasteiger partial charge < -0.3 is 10.0 Å². The van der Waals surface area contributed by atoms with Crippen LogP contribution in [-0.4, -0.2) is 38.2 Å². The predicted molar refractivity (Wildman–Crippen MR) is 82.3 cm³/mol. The average Bonchev–Trinajstić information content (AvgIpc) is 3.09. The van der Waals surface area contributed by atoms with Crippen molar-refractivity contribution in [3.8, 4) is 0 Å². The third-order valence-electron chi connectivity index (χ3n) is 3.51. The predicted octanol–water partition coefficient (Wildman–Crippen LogP) is 2.27. The Hall–Kier alpha value is -1.86. The second kappa shape index (κ2) is 6.10. The summed E-state index contributed by atoms with van der Waals surface area (Å²) in [4.78, 5) is 25.4. The zero-order valence-electron chi connectivity index (χ0n) is 11.7. The van der Waals surface area contributed by atoms with Crippen LogP contribution >= 0.6 is 22.9 Å². The number of thiophene rings is 1. The Balaban J connectivity index is 1.70. The van der Waals surface area contributed by atoms with Crippen molar-refractivity contribution in [2.75, 3.05) is 6.54 Å². The van der Waals surface area contributed by atoms with E-state index in [4.69, 9.17) is 16.7 Å². The lowest BCUT2D eigenvalue weighted by Crippen LogP contribution is -2.38. The van der Waals surface area contributed by atoms with E-state index in [1.807, 2.05) is 10.7 Å². The maximum atomic E-state index is 12.4. The Kier molecular flexibility index (Phi) is 4.17. The molecule has 0 radical (unpaired) electrons. The van der Waals surface area contributed by atoms with E-state index in [-0.39, 0.29) is 12.3 Å². The standard InChI is InChI=1S/C14H14ClN3O3S/c15-12-3-2-11(22-12)14(21)17-5-6-18-10(8-17)7-9(16-18)1-4-13(19)20/h2-3,7H,1,4-6,8H2,(H,19,20). The van der Waals surface area contributed by atoms with E-state index >= 15 is 0 Å². The zero-order valence-corrected chi connectivity index (χ0v) is 13.2. The number of rotatable bonds is 4. The first-order valence-electron chi connectivity index (χ1n) is 6.85. The first-order valence-corrected chi connectivity index (χ1v) is 8.04. The number of nitrogens with zero attached hydrogens (tertiary/aromatic N) is 3. The molecular formula is C14H14ClN3O3S. The number of aliphatic carboxylic acids is 1. The number of amides is 1. The van der Waals surface area contributed by atoms with Crippen molar-refractivity contribution in [2.45, 2.75) is 25.9 Å². The molecule has 2 aromatic rings. The minimum absolute atomic E-state index is 0.0311. The number of carbonyl (C=O) groups is 2. The molecule has 0 aromatic carbocycles. The Morgan fingerprint density at radius 2 is 2.18 bits per heavy atom. The minimum atomic E-state index is -0.836. The van der Waals surface area contributed by atoms with Gasteiger partial charge in [-0.05, 0) is 18.2 Å². The fourth-order valence-electron chi connectivity index (χ4n) is 2.44. The number of carboxylic acids is 1. The van der Waals surface area contributed by atoms with Crippen LogP contribution in [0.2, 0.25) is 4.34 Å². The normalized spacial score (nSPS) is 14.0. The highest BCUT2D eigenvalue weighted by atomic mass is 35.5. The summed E-state index contributed by atoms with van der Waals surface area (Å²) in [5, 5.41) is 13.1. The largest absolute Gasteiger partial charge is 0.481 e. The van der Waals surface area contributed by atoms with Crippen LogP contribution in [0.5, 0.6) is 0 Å². The second-order valence-electron chi connectivity index (χ2n) is 5.07. The number of hydrogen-bond donors (Lipinski definition) is 1. The topological polar surface area (TPSA) is 75.4 Å². The van der Waals surface area contributed by atoms with Crippen molar-refractivity contribution in [3.63, 3.8) is 0 Å². The van der Waals surface area contributed by atoms with Gasteiger partial charge in [0.2, 0.25) is 0 Å². The van der Waals surface area contributed by atoms with E-state index in [0.717, 1.165) is 11.4 Å². The number of hydrogen-bond acceptors (Lipinski definition) is 4. The number of halogens is 1. The summed E-state index contributed by atoms with van der Waals surface area (Å²) in [6, 6.07) is 5.33. The molecule has 3 heterocycles. The molecule has 0 saturated carbocycles. The third kappa shape index (κ3) is 3.15. The molecule has 3 rings (SSSR count). The lowest BCUT2D eigenvalue weighted by Gasteiger charge is -2.27. The molecule has 0 unspecified atom stereocenters. The van der Waals surface area contributed by atoms with Crippen molar-refractivity contribution in [1.29, 1.82) is 0 Å². The summed E-state index contributed by atoms with van der Waals surface area (Å²) in [5.74, 6) is -0.867. The lowest BCUT2D eigenvalue weighted by atomic mass is 10.2. The van der Waals surface area contributed by atoms with Crippen molar-refractivity contribution in [2.24, 2.45) is 0 Å². The van der Waals surface area contributed by atoms with Crippen LogP contribution in [0.3, 0.4) is 0 Å². The number of aromatic nitrogens is 2. The van der Waals surface area contributed by atoms with Gasteiger partial charge in [0.15, 0.2) is 0 Å². The lowest BCUT2D eigenvalue weighted by molar-refractivity contribution is -0.136. The molecule has 0 fully saturated rings. The molecule has 0 aliphatic carbocycles. The van der Waals surface area contributed by atoms with Crippen LogP contribution in [0.1, 0.15) is 27.5 Å². The summed E-state index contributed by atoms with van der Waals surface area (Å²) in [6.07, 6.45) is 0.469. The van der Waals surface area contributed by atoms with Gasteiger partial charge in [-0.25, -0.2) is 0 Å². The smallest absolute Gasteiger partial charge is 0.303 e. The number of fused-ring (bicyclic) bond motifs is 1. The van der Waals surface area contributed by atoms with E-state index in [0.29, 0.717) is 35.3 Å². The summed E-state index contributed by atoms with van der Waals surface area (Å²) in [6.45, 7) is 1.68. The van der Waals surface area contributed by atoms with Crippen molar-refractivity contribution >= 4 is 34.8 Å². The van der Waals surface area contributed by atoms with Gasteiger partial charge >= 0.3 is 5.97 Å². The van der Waals surface area contributed by atoms with Crippen molar-refractivity contribution < 1.29 is 14.7 Å². The summed E-state index contributed by atoms with van der Waals surface area (Å²) in [7, 11) is 0. The zero-order chi connectivity index (χ0) is 15.7. The Bertz CT molecular complexity index is 725. The molecule has 0 bridgehead atoms. The van der Waals surface area contributed by atoms with Gasteiger partial charge in [0.05, 0.1) is 40.1 Å². The maximum absolute atomic E-state index is 12.4. The first-order chi connectivity index (χ1) is 10.5. The molecule has 1 aliphatic rings. The SMILES string of the molecule is O=C(O)CCc1cc2n(n1)CCN(C(=O)c1ccc(Cl)s1)C2. The van der Waals surface area contributed by atoms with Crippen LogP contribution in [-0.2, 0) is 24.3 Å². The molecule has 1 aliphatic heterocycles. The molecule has 2 aromatic heterocycles. The fourth-order valence-corrected chi connectivity index (χ4v) is 3.45. The van der Waals surface area contributed by atoms with Gasteiger partial charge in [-0.1, -0.05) is 11.6 Å². The molecule has 116 valence electrons. The summed E-state index contributed by atoms with van der Waals surface area (Å²) in [5.41, 5.74) is 1.69. The van der Waals surface area contributed by atoms with Gasteiger partial charge in [0, 0.05) is 13.0 Å². The van der Waals surface area contributed by atoms with Crippen molar-refractivity contribution in [3.05, 3.63) is 38.8 Å². The highest BCUT2D eigenvalue weighted by molar-refractivity contribution is 7.17. The monoisotopic (exact) mass is 339 g/mol. The Labute approximate surface area is 135 Å². The van der Waals surface area contributed by atoms with Crippen LogP contribution in [0, 0.1) is 0 Å². The van der Waals surface area contributed by atoms with Gasteiger partial charge in [-0.15, -0.1) is 11.3 Å². The van der Waals surface area contributed by atoms with Crippen LogP contribution in [0.25, 0.3) is 0 Å². The molecule has 0 atom stereocenters. The van der Waals surface area contributed by atoms with E-state index in [9.17, 15) is 9.59 Å². The molecule has 1 amide bonds. The minimum Gasteiger partial charge on any atom is -0.481 e. The van der Waals surface area contributed by atoms with Crippen LogP contribution in [0.4, 0.5) is 0 Å². The maximum Gasteiger partial charge on any atom is 0.303 e. The third-order valence-corrected chi connectivity index (χ3v) is 4.73. The fraction of sp³-hybridized carbons (Fsp3) is 0.357. The number of carboxylic acid groups (broad SMARTS) is 1. The Morgan fingerprint density at radius 3 is 2.86 bits per heavy atom. The highest BCUT2D eigenvalue weighted by Crippen LogP contribution is 2.24. The van der Waals surface area contributed by atoms with Crippen molar-refractivity contribution in [1.82, 2.24) is 14.7 Å². The molecule has 0 saturated heterocycles. The van der Waals surface area contributed by atoms with E-state index < -0.39 is 5.97 Å². The van der Waals surface area contributed by atoms with Crippen LogP contribution in [0.15, 0.2) is 18.2 Å². The summed E-state index contributed by atoms with van der Waals surface area (Å²) < 4.78 is 2.45. The molecule has 8 heteroatoms. The first kappa shape index (κ1) is 15.1. The quantitative estimate of drug-likeness (QED) is 0.927. The number of carbonyl (C=O) groups excluding carboxylic acids is 1. The highest BCUT2D eigenvalue weighted by Gasteiger charge is 2.24. The van der Waals surface area contributed by atoms with E-state index in [2.05, 4.69) is 5.10 Å². The molecule has 1 N–H and O–H groups in total. The van der Waals surface area contributed by atoms with E-state index in [1.54, 1.807) is 17.0 Å². The van der Waals surface area contributed by atoms with Gasteiger partial charge in [0.25, 0.3) is 5.91 Å². The summed E-state index contributed by atoms with van der Waals surface area (Å²) >= 11 is 7.15. The Morgan fingerprint density at radius 1 is 1.36 bits per heavy atom. The van der Waals surface area contributed by atoms with Gasteiger partial charge in [-0.2, -0.15) is 5.10 Å². The van der Waals surface area contributed by atoms with E-state index in [1.165, 1.54) is 11.3 Å². The molecule has 6 nitrogen and oxygen atoms in total. The molecular weight excluding hydrogens is 326 g/mol. The second-order valence-corrected chi connectivity index (χ2v) is 6.79. The van der Waals surface area contributed by atoms with Gasteiger partial charge in [0.1, 0.15) is 0 Å². The molecule has 0 spiro atoms. The molecule has 22 heavy (non-hydrogen) atoms. The average molecular weight is 340 g/mol. The van der Waals surface area contributed by atoms with Crippen LogP contribution < -0.4 is 0 Å². The number of aryl methyl sites for hydroxylation is 1. The van der Waals surface area contributed by atoms with Gasteiger partial charge in [-0.3, -0.25) is 14.3 Å².